The zero-order valence-electron chi connectivity index (χ0n) is 15.3. The highest BCUT2D eigenvalue weighted by atomic mass is 16.5. The molecule has 1 aromatic carbocycles. The monoisotopic (exact) mass is 373 g/mol. The number of ether oxygens (including phenoxy) is 2. The van der Waals surface area contributed by atoms with Crippen molar-refractivity contribution < 1.29 is 19.4 Å². The Morgan fingerprint density at radius 1 is 1.37 bits per heavy atom. The number of carbonyl (C=O) groups is 1. The van der Waals surface area contributed by atoms with E-state index in [1.165, 1.54) is 0 Å². The molecular weight excluding hydrogens is 350 g/mol. The highest BCUT2D eigenvalue weighted by Crippen LogP contribution is 2.40. The number of amides is 1. The smallest absolute Gasteiger partial charge is 0.229 e. The fourth-order valence-corrected chi connectivity index (χ4v) is 3.24. The van der Waals surface area contributed by atoms with Gasteiger partial charge in [-0.2, -0.15) is 10.1 Å². The molecule has 2 atom stereocenters. The van der Waals surface area contributed by atoms with E-state index >= 15 is 0 Å². The SMILES string of the molecule is C=C1Nc2nc(CCCO)nn2[C@@H](c2ccc(OC)c(OC)c2)[C@@H]1C(N)=O. The van der Waals surface area contributed by atoms with Crippen LogP contribution in [0.4, 0.5) is 5.95 Å². The van der Waals surface area contributed by atoms with E-state index in [0.29, 0.717) is 41.8 Å². The minimum Gasteiger partial charge on any atom is -0.493 e. The summed E-state index contributed by atoms with van der Waals surface area (Å²) < 4.78 is 12.3. The van der Waals surface area contributed by atoms with E-state index in [1.807, 2.05) is 6.07 Å². The molecule has 1 aliphatic heterocycles. The molecule has 1 amide bonds. The number of nitrogens with one attached hydrogen (secondary N) is 1. The Morgan fingerprint density at radius 2 is 2.11 bits per heavy atom. The molecule has 0 unspecified atom stereocenters. The number of benzene rings is 1. The first-order valence-electron chi connectivity index (χ1n) is 8.53. The van der Waals surface area contributed by atoms with Crippen LogP contribution < -0.4 is 20.5 Å². The predicted molar refractivity (Wildman–Crippen MR) is 98.6 cm³/mol. The van der Waals surface area contributed by atoms with Crippen molar-refractivity contribution in [3.05, 3.63) is 41.9 Å². The molecule has 9 heteroatoms. The quantitative estimate of drug-likeness (QED) is 0.657. The van der Waals surface area contributed by atoms with Gasteiger partial charge in [-0.3, -0.25) is 4.79 Å². The number of aliphatic hydroxyl groups excluding tert-OH is 1. The average Bonchev–Trinajstić information content (AvgIpc) is 3.06. The second-order valence-corrected chi connectivity index (χ2v) is 6.21. The first kappa shape index (κ1) is 18.7. The van der Waals surface area contributed by atoms with Crippen LogP contribution >= 0.6 is 0 Å². The Bertz CT molecular complexity index is 863. The van der Waals surface area contributed by atoms with Gasteiger partial charge in [-0.1, -0.05) is 12.6 Å². The predicted octanol–water partition coefficient (Wildman–Crippen LogP) is 0.850. The molecule has 3 rings (SSSR count). The number of aryl methyl sites for hydroxylation is 1. The summed E-state index contributed by atoms with van der Waals surface area (Å²) in [5, 5.41) is 16.6. The fourth-order valence-electron chi connectivity index (χ4n) is 3.24. The lowest BCUT2D eigenvalue weighted by molar-refractivity contribution is -0.121. The Kier molecular flexibility index (Phi) is 5.31. The summed E-state index contributed by atoms with van der Waals surface area (Å²) in [4.78, 5) is 16.6. The fraction of sp³-hybridized carbons (Fsp3) is 0.389. The molecule has 1 aromatic heterocycles. The second-order valence-electron chi connectivity index (χ2n) is 6.21. The Balaban J connectivity index is 2.11. The maximum atomic E-state index is 12.2. The van der Waals surface area contributed by atoms with Crippen molar-refractivity contribution in [3.63, 3.8) is 0 Å². The second kappa shape index (κ2) is 7.67. The highest BCUT2D eigenvalue weighted by molar-refractivity contribution is 5.82. The van der Waals surface area contributed by atoms with Gasteiger partial charge in [0.1, 0.15) is 5.92 Å². The molecule has 2 aromatic rings. The van der Waals surface area contributed by atoms with E-state index in [9.17, 15) is 4.79 Å². The Hall–Kier alpha value is -3.07. The maximum Gasteiger partial charge on any atom is 0.229 e. The van der Waals surface area contributed by atoms with Gasteiger partial charge in [-0.15, -0.1) is 0 Å². The van der Waals surface area contributed by atoms with Crippen LogP contribution in [-0.4, -0.2) is 46.6 Å². The molecule has 0 bridgehead atoms. The van der Waals surface area contributed by atoms with Gasteiger partial charge in [-0.05, 0) is 24.1 Å². The van der Waals surface area contributed by atoms with E-state index in [-0.39, 0.29) is 6.61 Å². The van der Waals surface area contributed by atoms with Crippen molar-refractivity contribution in [1.29, 1.82) is 0 Å². The van der Waals surface area contributed by atoms with E-state index in [2.05, 4.69) is 22.0 Å². The van der Waals surface area contributed by atoms with Gasteiger partial charge in [0.25, 0.3) is 0 Å². The Morgan fingerprint density at radius 3 is 2.74 bits per heavy atom. The summed E-state index contributed by atoms with van der Waals surface area (Å²) in [6.07, 6.45) is 1.06. The molecule has 0 saturated carbocycles. The first-order valence-corrected chi connectivity index (χ1v) is 8.53. The van der Waals surface area contributed by atoms with Crippen LogP contribution in [0.15, 0.2) is 30.5 Å². The summed E-state index contributed by atoms with van der Waals surface area (Å²) in [6.45, 7) is 4.00. The van der Waals surface area contributed by atoms with Crippen LogP contribution in [0.1, 0.15) is 23.9 Å². The number of carbonyl (C=O) groups excluding carboxylic acids is 1. The molecule has 0 radical (unpaired) electrons. The number of nitrogens with zero attached hydrogens (tertiary/aromatic N) is 3. The molecule has 27 heavy (non-hydrogen) atoms. The van der Waals surface area contributed by atoms with Crippen LogP contribution in [0.25, 0.3) is 0 Å². The number of methoxy groups -OCH3 is 2. The summed E-state index contributed by atoms with van der Waals surface area (Å²) in [6, 6.07) is 4.86. The standard InChI is InChI=1S/C18H23N5O4/c1-10-15(17(19)25)16(11-6-7-12(26-2)13(9-11)27-3)23-18(20-10)21-14(22-23)5-4-8-24/h6-7,9,15-16,24H,1,4-5,8H2,2-3H3,(H2,19,25)(H,20,21,22)/t15-,16+/m1/s1. The average molecular weight is 373 g/mol. The first-order chi connectivity index (χ1) is 13.0. The number of primary amides is 1. The minimum absolute atomic E-state index is 0.0486. The molecular formula is C18H23N5O4. The van der Waals surface area contributed by atoms with Crippen LogP contribution in [0.2, 0.25) is 0 Å². The van der Waals surface area contributed by atoms with E-state index < -0.39 is 17.9 Å². The number of nitrogens with two attached hydrogens (primary N) is 1. The van der Waals surface area contributed by atoms with Crippen molar-refractivity contribution in [3.8, 4) is 11.5 Å². The molecule has 0 saturated heterocycles. The van der Waals surface area contributed by atoms with Gasteiger partial charge in [0.15, 0.2) is 17.3 Å². The lowest BCUT2D eigenvalue weighted by atomic mass is 9.88. The topological polar surface area (TPSA) is 125 Å². The normalized spacial score (nSPS) is 18.6. The third-order valence-corrected chi connectivity index (χ3v) is 4.52. The number of fused-ring (bicyclic) bond motifs is 1. The molecule has 0 spiro atoms. The lowest BCUT2D eigenvalue weighted by Crippen LogP contribution is -2.40. The number of hydrogen-bond donors (Lipinski definition) is 3. The zero-order chi connectivity index (χ0) is 19.6. The molecule has 4 N–H and O–H groups in total. The number of aliphatic hydroxyl groups is 1. The van der Waals surface area contributed by atoms with Crippen molar-refractivity contribution in [2.24, 2.45) is 11.7 Å². The van der Waals surface area contributed by atoms with Gasteiger partial charge >= 0.3 is 0 Å². The summed E-state index contributed by atoms with van der Waals surface area (Å²) >= 11 is 0. The van der Waals surface area contributed by atoms with Crippen LogP contribution in [0.3, 0.4) is 0 Å². The zero-order valence-corrected chi connectivity index (χ0v) is 15.3. The van der Waals surface area contributed by atoms with Gasteiger partial charge in [-0.25, -0.2) is 4.68 Å². The minimum atomic E-state index is -0.719. The number of rotatable bonds is 7. The van der Waals surface area contributed by atoms with E-state index in [0.717, 1.165) is 5.56 Å². The van der Waals surface area contributed by atoms with Crippen LogP contribution in [0, 0.1) is 5.92 Å². The third-order valence-electron chi connectivity index (χ3n) is 4.52. The molecule has 144 valence electrons. The van der Waals surface area contributed by atoms with E-state index in [4.69, 9.17) is 20.3 Å². The van der Waals surface area contributed by atoms with Gasteiger partial charge in [0, 0.05) is 18.7 Å². The highest BCUT2D eigenvalue weighted by Gasteiger charge is 2.39. The lowest BCUT2D eigenvalue weighted by Gasteiger charge is -2.32. The number of hydrogen-bond acceptors (Lipinski definition) is 7. The summed E-state index contributed by atoms with van der Waals surface area (Å²) in [5.41, 5.74) is 6.88. The summed E-state index contributed by atoms with van der Waals surface area (Å²) in [7, 11) is 3.10. The van der Waals surface area contributed by atoms with Gasteiger partial charge < -0.3 is 25.6 Å². The van der Waals surface area contributed by atoms with Gasteiger partial charge in [0.05, 0.1) is 20.3 Å². The largest absolute Gasteiger partial charge is 0.493 e. The van der Waals surface area contributed by atoms with Gasteiger partial charge in [0.2, 0.25) is 11.9 Å². The maximum absolute atomic E-state index is 12.2. The number of anilines is 1. The molecule has 9 nitrogen and oxygen atoms in total. The molecule has 0 aliphatic carbocycles. The molecule has 0 fully saturated rings. The van der Waals surface area contributed by atoms with Crippen molar-refractivity contribution in [2.45, 2.75) is 18.9 Å². The number of aromatic nitrogens is 3. The third kappa shape index (κ3) is 3.45. The summed E-state index contributed by atoms with van der Waals surface area (Å²) in [5.74, 6) is 0.908. The molecule has 2 heterocycles. The molecule has 1 aliphatic rings. The van der Waals surface area contributed by atoms with Crippen molar-refractivity contribution in [2.75, 3.05) is 26.1 Å². The van der Waals surface area contributed by atoms with Crippen LogP contribution in [-0.2, 0) is 11.2 Å². The van der Waals surface area contributed by atoms with Crippen molar-refractivity contribution >= 4 is 11.9 Å². The van der Waals surface area contributed by atoms with Crippen molar-refractivity contribution in [1.82, 2.24) is 14.8 Å². The Labute approximate surface area is 156 Å². The van der Waals surface area contributed by atoms with Crippen LogP contribution in [0.5, 0.6) is 11.5 Å². The van der Waals surface area contributed by atoms with E-state index in [1.54, 1.807) is 31.0 Å².